The Morgan fingerprint density at radius 1 is 0.867 bits per heavy atom. The van der Waals surface area contributed by atoms with Crippen LogP contribution < -0.4 is 0 Å². The molecule has 0 aromatic heterocycles. The summed E-state index contributed by atoms with van der Waals surface area (Å²) in [6, 6.07) is 0. The second-order valence-corrected chi connectivity index (χ2v) is 4.11. The van der Waals surface area contributed by atoms with E-state index >= 15 is 0 Å². The molecular formula is C12H26O3. The van der Waals surface area contributed by atoms with Crippen LogP contribution >= 0.6 is 0 Å². The van der Waals surface area contributed by atoms with E-state index in [0.717, 1.165) is 32.1 Å². The van der Waals surface area contributed by atoms with E-state index in [-0.39, 0.29) is 0 Å². The molecule has 0 atom stereocenters. The van der Waals surface area contributed by atoms with Gasteiger partial charge in [0.1, 0.15) is 0 Å². The number of unbranched alkanes of at least 4 members (excludes halogenated alkanes) is 5. The van der Waals surface area contributed by atoms with Crippen LogP contribution in [0.15, 0.2) is 0 Å². The number of hydrogen-bond acceptors (Lipinski definition) is 3. The molecule has 0 saturated carbocycles. The van der Waals surface area contributed by atoms with Crippen molar-refractivity contribution in [2.24, 2.45) is 0 Å². The molecule has 0 spiro atoms. The SMILES string of the molecule is CCCCCCOC(O)(O)CCCCC. The van der Waals surface area contributed by atoms with Gasteiger partial charge in [-0.05, 0) is 12.8 Å². The number of hydrogen-bond donors (Lipinski definition) is 2. The lowest BCUT2D eigenvalue weighted by atomic mass is 10.2. The normalized spacial score (nSPS) is 12.0. The lowest BCUT2D eigenvalue weighted by Gasteiger charge is -2.21. The van der Waals surface area contributed by atoms with Crippen molar-refractivity contribution in [2.75, 3.05) is 6.61 Å². The average Bonchev–Trinajstić information content (AvgIpc) is 2.17. The molecule has 0 fully saturated rings. The minimum atomic E-state index is -1.90. The van der Waals surface area contributed by atoms with E-state index in [1.165, 1.54) is 12.8 Å². The van der Waals surface area contributed by atoms with Gasteiger partial charge in [-0.2, -0.15) is 0 Å². The molecule has 0 aliphatic rings. The number of ether oxygens (including phenoxy) is 1. The molecule has 0 aliphatic carbocycles. The Morgan fingerprint density at radius 2 is 1.47 bits per heavy atom. The van der Waals surface area contributed by atoms with E-state index in [4.69, 9.17) is 4.74 Å². The van der Waals surface area contributed by atoms with E-state index in [2.05, 4.69) is 13.8 Å². The van der Waals surface area contributed by atoms with E-state index in [0.29, 0.717) is 13.0 Å². The summed E-state index contributed by atoms with van der Waals surface area (Å²) in [4.78, 5) is 0. The van der Waals surface area contributed by atoms with Crippen molar-refractivity contribution in [3.05, 3.63) is 0 Å². The number of aliphatic hydroxyl groups is 2. The predicted molar refractivity (Wildman–Crippen MR) is 61.4 cm³/mol. The summed E-state index contributed by atoms with van der Waals surface area (Å²) in [5.41, 5.74) is 0. The lowest BCUT2D eigenvalue weighted by Crippen LogP contribution is -2.32. The topological polar surface area (TPSA) is 49.7 Å². The highest BCUT2D eigenvalue weighted by molar-refractivity contribution is 4.52. The van der Waals surface area contributed by atoms with Gasteiger partial charge in [-0.15, -0.1) is 0 Å². The van der Waals surface area contributed by atoms with Gasteiger partial charge in [-0.3, -0.25) is 0 Å². The Hall–Kier alpha value is -0.120. The lowest BCUT2D eigenvalue weighted by molar-refractivity contribution is -0.341. The molecule has 0 unspecified atom stereocenters. The van der Waals surface area contributed by atoms with Crippen LogP contribution in [0.25, 0.3) is 0 Å². The molecule has 2 N–H and O–H groups in total. The zero-order valence-corrected chi connectivity index (χ0v) is 10.2. The third kappa shape index (κ3) is 10.2. The highest BCUT2D eigenvalue weighted by Crippen LogP contribution is 2.14. The number of rotatable bonds is 10. The molecule has 3 nitrogen and oxygen atoms in total. The maximum Gasteiger partial charge on any atom is 0.277 e. The summed E-state index contributed by atoms with van der Waals surface area (Å²) in [6.07, 6.45) is 7.58. The van der Waals surface area contributed by atoms with Crippen molar-refractivity contribution in [2.45, 2.75) is 71.2 Å². The highest BCUT2D eigenvalue weighted by atomic mass is 16.8. The molecule has 15 heavy (non-hydrogen) atoms. The quantitative estimate of drug-likeness (QED) is 0.438. The first kappa shape index (κ1) is 14.9. The molecular weight excluding hydrogens is 192 g/mol. The Bertz CT molecular complexity index is 135. The van der Waals surface area contributed by atoms with Gasteiger partial charge >= 0.3 is 0 Å². The molecule has 0 amide bonds. The van der Waals surface area contributed by atoms with Gasteiger partial charge in [0, 0.05) is 6.42 Å². The van der Waals surface area contributed by atoms with E-state index in [9.17, 15) is 10.2 Å². The van der Waals surface area contributed by atoms with Gasteiger partial charge in [-0.25, -0.2) is 0 Å². The summed E-state index contributed by atoms with van der Waals surface area (Å²) >= 11 is 0. The summed E-state index contributed by atoms with van der Waals surface area (Å²) < 4.78 is 5.03. The van der Waals surface area contributed by atoms with Crippen molar-refractivity contribution in [1.29, 1.82) is 0 Å². The second-order valence-electron chi connectivity index (χ2n) is 4.11. The van der Waals surface area contributed by atoms with Gasteiger partial charge in [0.25, 0.3) is 5.97 Å². The molecule has 0 aliphatic heterocycles. The van der Waals surface area contributed by atoms with Crippen LogP contribution in [0.4, 0.5) is 0 Å². The van der Waals surface area contributed by atoms with Crippen LogP contribution in [0.3, 0.4) is 0 Å². The van der Waals surface area contributed by atoms with E-state index in [1.807, 2.05) is 0 Å². The third-order valence-electron chi connectivity index (χ3n) is 2.44. The van der Waals surface area contributed by atoms with Crippen LogP contribution in [0.5, 0.6) is 0 Å². The molecule has 0 rings (SSSR count). The minimum Gasteiger partial charge on any atom is -0.343 e. The van der Waals surface area contributed by atoms with Gasteiger partial charge in [-0.1, -0.05) is 46.0 Å². The summed E-state index contributed by atoms with van der Waals surface area (Å²) in [5, 5.41) is 18.9. The largest absolute Gasteiger partial charge is 0.343 e. The molecule has 0 heterocycles. The molecule has 3 heteroatoms. The van der Waals surface area contributed by atoms with Crippen molar-refractivity contribution >= 4 is 0 Å². The molecule has 0 bridgehead atoms. The molecule has 0 aromatic rings. The van der Waals surface area contributed by atoms with Crippen molar-refractivity contribution in [3.8, 4) is 0 Å². The minimum absolute atomic E-state index is 0.314. The first-order chi connectivity index (χ1) is 7.12. The second kappa shape index (κ2) is 9.13. The third-order valence-corrected chi connectivity index (χ3v) is 2.44. The fourth-order valence-corrected chi connectivity index (χ4v) is 1.44. The van der Waals surface area contributed by atoms with E-state index < -0.39 is 5.97 Å². The van der Waals surface area contributed by atoms with Crippen molar-refractivity contribution < 1.29 is 14.9 Å². The Kier molecular flexibility index (Phi) is 9.06. The summed E-state index contributed by atoms with van der Waals surface area (Å²) in [7, 11) is 0. The fraction of sp³-hybridized carbons (Fsp3) is 1.00. The van der Waals surface area contributed by atoms with Crippen LogP contribution in [-0.2, 0) is 4.74 Å². The fourth-order valence-electron chi connectivity index (χ4n) is 1.44. The molecule has 0 radical (unpaired) electrons. The maximum absolute atomic E-state index is 9.43. The van der Waals surface area contributed by atoms with Gasteiger partial charge in [0.15, 0.2) is 0 Å². The van der Waals surface area contributed by atoms with Gasteiger partial charge in [0.2, 0.25) is 0 Å². The van der Waals surface area contributed by atoms with Crippen molar-refractivity contribution in [1.82, 2.24) is 0 Å². The Morgan fingerprint density at radius 3 is 2.07 bits per heavy atom. The predicted octanol–water partition coefficient (Wildman–Crippen LogP) is 2.80. The maximum atomic E-state index is 9.43. The van der Waals surface area contributed by atoms with Crippen LogP contribution in [0.1, 0.15) is 65.2 Å². The van der Waals surface area contributed by atoms with Crippen LogP contribution in [0.2, 0.25) is 0 Å². The summed E-state index contributed by atoms with van der Waals surface area (Å²) in [6.45, 7) is 4.68. The zero-order chi connectivity index (χ0) is 11.6. The monoisotopic (exact) mass is 218 g/mol. The van der Waals surface area contributed by atoms with Gasteiger partial charge < -0.3 is 14.9 Å². The highest BCUT2D eigenvalue weighted by Gasteiger charge is 2.22. The zero-order valence-electron chi connectivity index (χ0n) is 10.2. The summed E-state index contributed by atoms with van der Waals surface area (Å²) in [5.74, 6) is -1.90. The van der Waals surface area contributed by atoms with Crippen LogP contribution in [0, 0.1) is 0 Å². The Labute approximate surface area is 93.5 Å². The van der Waals surface area contributed by atoms with Crippen LogP contribution in [-0.4, -0.2) is 22.8 Å². The average molecular weight is 218 g/mol. The van der Waals surface area contributed by atoms with Crippen molar-refractivity contribution in [3.63, 3.8) is 0 Å². The smallest absolute Gasteiger partial charge is 0.277 e. The molecule has 0 saturated heterocycles. The van der Waals surface area contributed by atoms with Gasteiger partial charge in [0.05, 0.1) is 6.61 Å². The molecule has 0 aromatic carbocycles. The first-order valence-electron chi connectivity index (χ1n) is 6.21. The first-order valence-corrected chi connectivity index (χ1v) is 6.21. The Balaban J connectivity index is 3.38. The van der Waals surface area contributed by atoms with E-state index in [1.54, 1.807) is 0 Å². The molecule has 92 valence electrons. The standard InChI is InChI=1S/C12H26O3/c1-3-5-7-9-11-15-12(13,14)10-8-6-4-2/h13-14H,3-11H2,1-2H3.